The molecule has 0 aliphatic rings. The first-order valence-electron chi connectivity index (χ1n) is 6.31. The van der Waals surface area contributed by atoms with Gasteiger partial charge in [-0.3, -0.25) is 4.79 Å². The number of carbonyl (C=O) groups excluding carboxylic acids is 1. The SMILES string of the molecule is CC(N)CCC(=O)NC(CO)Cc1ccccc1. The summed E-state index contributed by atoms with van der Waals surface area (Å²) in [5, 5.41) is 12.1. The van der Waals surface area contributed by atoms with Gasteiger partial charge in [0.1, 0.15) is 0 Å². The first-order chi connectivity index (χ1) is 8.61. The van der Waals surface area contributed by atoms with Gasteiger partial charge in [0.05, 0.1) is 12.6 Å². The molecule has 0 saturated carbocycles. The van der Waals surface area contributed by atoms with Gasteiger partial charge in [0.25, 0.3) is 0 Å². The number of nitrogens with two attached hydrogens (primary N) is 1. The van der Waals surface area contributed by atoms with Crippen LogP contribution >= 0.6 is 0 Å². The van der Waals surface area contributed by atoms with Crippen LogP contribution in [0, 0.1) is 0 Å². The molecule has 0 aliphatic carbocycles. The van der Waals surface area contributed by atoms with E-state index in [0.717, 1.165) is 5.56 Å². The molecular weight excluding hydrogens is 228 g/mol. The summed E-state index contributed by atoms with van der Waals surface area (Å²) in [5.41, 5.74) is 6.70. The van der Waals surface area contributed by atoms with Crippen LogP contribution in [0.1, 0.15) is 25.3 Å². The van der Waals surface area contributed by atoms with Crippen molar-refractivity contribution in [3.63, 3.8) is 0 Å². The Morgan fingerprint density at radius 1 is 1.39 bits per heavy atom. The number of hydrogen-bond donors (Lipinski definition) is 3. The third-order valence-electron chi connectivity index (χ3n) is 2.74. The molecule has 0 aliphatic heterocycles. The molecule has 1 amide bonds. The van der Waals surface area contributed by atoms with Crippen molar-refractivity contribution < 1.29 is 9.90 Å². The normalized spacial score (nSPS) is 13.9. The number of hydrogen-bond acceptors (Lipinski definition) is 3. The fraction of sp³-hybridized carbons (Fsp3) is 0.500. The number of carbonyl (C=O) groups is 1. The Balaban J connectivity index is 2.40. The van der Waals surface area contributed by atoms with Gasteiger partial charge in [-0.15, -0.1) is 0 Å². The van der Waals surface area contributed by atoms with Crippen LogP contribution < -0.4 is 11.1 Å². The summed E-state index contributed by atoms with van der Waals surface area (Å²) in [6.07, 6.45) is 1.71. The van der Waals surface area contributed by atoms with Crippen LogP contribution in [0.2, 0.25) is 0 Å². The molecule has 2 atom stereocenters. The van der Waals surface area contributed by atoms with Crippen molar-refractivity contribution in [1.29, 1.82) is 0 Å². The lowest BCUT2D eigenvalue weighted by Gasteiger charge is -2.16. The summed E-state index contributed by atoms with van der Waals surface area (Å²) < 4.78 is 0. The number of amides is 1. The first kappa shape index (κ1) is 14.7. The minimum Gasteiger partial charge on any atom is -0.394 e. The fourth-order valence-electron chi connectivity index (χ4n) is 1.72. The summed E-state index contributed by atoms with van der Waals surface area (Å²) in [6.45, 7) is 1.82. The molecule has 0 spiro atoms. The average Bonchev–Trinajstić information content (AvgIpc) is 2.37. The molecule has 0 fully saturated rings. The van der Waals surface area contributed by atoms with E-state index in [-0.39, 0.29) is 24.6 Å². The van der Waals surface area contributed by atoms with Crippen LogP contribution in [-0.2, 0) is 11.2 Å². The predicted octanol–water partition coefficient (Wildman–Crippen LogP) is 0.834. The maximum Gasteiger partial charge on any atom is 0.220 e. The van der Waals surface area contributed by atoms with Crippen LogP contribution in [0.3, 0.4) is 0 Å². The van der Waals surface area contributed by atoms with E-state index in [1.54, 1.807) is 0 Å². The second-order valence-electron chi connectivity index (χ2n) is 4.65. The number of benzene rings is 1. The molecule has 4 heteroatoms. The second kappa shape index (κ2) is 7.84. The Labute approximate surface area is 108 Å². The quantitative estimate of drug-likeness (QED) is 0.671. The Morgan fingerprint density at radius 2 is 2.06 bits per heavy atom. The van der Waals surface area contributed by atoms with E-state index in [9.17, 15) is 9.90 Å². The van der Waals surface area contributed by atoms with Crippen molar-refractivity contribution in [2.75, 3.05) is 6.61 Å². The summed E-state index contributed by atoms with van der Waals surface area (Å²) in [5.74, 6) is -0.0534. The van der Waals surface area contributed by atoms with E-state index in [1.807, 2.05) is 37.3 Å². The lowest BCUT2D eigenvalue weighted by atomic mass is 10.1. The van der Waals surface area contributed by atoms with Crippen LogP contribution in [0.25, 0.3) is 0 Å². The van der Waals surface area contributed by atoms with E-state index in [0.29, 0.717) is 19.3 Å². The van der Waals surface area contributed by atoms with Crippen molar-refractivity contribution in [1.82, 2.24) is 5.32 Å². The van der Waals surface area contributed by atoms with Crippen molar-refractivity contribution in [2.24, 2.45) is 5.73 Å². The van der Waals surface area contributed by atoms with E-state index in [4.69, 9.17) is 5.73 Å². The Kier molecular flexibility index (Phi) is 6.39. The van der Waals surface area contributed by atoms with Crippen LogP contribution in [-0.4, -0.2) is 29.7 Å². The van der Waals surface area contributed by atoms with Gasteiger partial charge in [-0.2, -0.15) is 0 Å². The third-order valence-corrected chi connectivity index (χ3v) is 2.74. The molecular formula is C14H22N2O2. The minimum atomic E-state index is -0.229. The lowest BCUT2D eigenvalue weighted by molar-refractivity contribution is -0.122. The topological polar surface area (TPSA) is 75.4 Å². The van der Waals surface area contributed by atoms with Gasteiger partial charge in [0.2, 0.25) is 5.91 Å². The van der Waals surface area contributed by atoms with E-state index < -0.39 is 0 Å². The molecule has 0 heterocycles. The maximum absolute atomic E-state index is 11.6. The van der Waals surface area contributed by atoms with Crippen LogP contribution in [0.4, 0.5) is 0 Å². The molecule has 2 unspecified atom stereocenters. The molecule has 0 bridgehead atoms. The first-order valence-corrected chi connectivity index (χ1v) is 6.31. The van der Waals surface area contributed by atoms with Crippen molar-refractivity contribution in [3.05, 3.63) is 35.9 Å². The molecule has 4 nitrogen and oxygen atoms in total. The van der Waals surface area contributed by atoms with Gasteiger partial charge in [-0.1, -0.05) is 30.3 Å². The predicted molar refractivity (Wildman–Crippen MR) is 72.0 cm³/mol. The largest absolute Gasteiger partial charge is 0.394 e. The summed E-state index contributed by atoms with van der Waals surface area (Å²) in [6, 6.07) is 9.60. The molecule has 0 saturated heterocycles. The summed E-state index contributed by atoms with van der Waals surface area (Å²) in [4.78, 5) is 11.6. The molecule has 18 heavy (non-hydrogen) atoms. The molecule has 4 N–H and O–H groups in total. The third kappa shape index (κ3) is 5.80. The van der Waals surface area contributed by atoms with Gasteiger partial charge in [0.15, 0.2) is 0 Å². The van der Waals surface area contributed by atoms with Gasteiger partial charge in [-0.05, 0) is 25.3 Å². The Bertz CT molecular complexity index is 352. The van der Waals surface area contributed by atoms with Gasteiger partial charge in [0, 0.05) is 12.5 Å². The van der Waals surface area contributed by atoms with E-state index >= 15 is 0 Å². The smallest absolute Gasteiger partial charge is 0.220 e. The standard InChI is InChI=1S/C14H22N2O2/c1-11(15)7-8-14(18)16-13(10-17)9-12-5-3-2-4-6-12/h2-6,11,13,17H,7-10,15H2,1H3,(H,16,18). The van der Waals surface area contributed by atoms with Gasteiger partial charge >= 0.3 is 0 Å². The molecule has 1 aromatic carbocycles. The van der Waals surface area contributed by atoms with Crippen LogP contribution in [0.5, 0.6) is 0 Å². The Hall–Kier alpha value is -1.39. The Morgan fingerprint density at radius 3 is 2.61 bits per heavy atom. The van der Waals surface area contributed by atoms with Crippen LogP contribution in [0.15, 0.2) is 30.3 Å². The maximum atomic E-state index is 11.6. The molecule has 1 aromatic rings. The summed E-state index contributed by atoms with van der Waals surface area (Å²) in [7, 11) is 0. The number of aliphatic hydroxyl groups excluding tert-OH is 1. The van der Waals surface area contributed by atoms with Crippen molar-refractivity contribution in [3.8, 4) is 0 Å². The number of aliphatic hydroxyl groups is 1. The fourth-order valence-corrected chi connectivity index (χ4v) is 1.72. The zero-order valence-electron chi connectivity index (χ0n) is 10.8. The monoisotopic (exact) mass is 250 g/mol. The molecule has 100 valence electrons. The van der Waals surface area contributed by atoms with Gasteiger partial charge in [-0.25, -0.2) is 0 Å². The summed E-state index contributed by atoms with van der Waals surface area (Å²) >= 11 is 0. The van der Waals surface area contributed by atoms with Crippen molar-refractivity contribution in [2.45, 2.75) is 38.3 Å². The number of rotatable bonds is 7. The van der Waals surface area contributed by atoms with E-state index in [2.05, 4.69) is 5.32 Å². The minimum absolute atomic E-state index is 0.0254. The molecule has 0 radical (unpaired) electrons. The molecule has 1 rings (SSSR count). The second-order valence-corrected chi connectivity index (χ2v) is 4.65. The average molecular weight is 250 g/mol. The number of nitrogens with one attached hydrogen (secondary N) is 1. The van der Waals surface area contributed by atoms with E-state index in [1.165, 1.54) is 0 Å². The highest BCUT2D eigenvalue weighted by Gasteiger charge is 2.12. The highest BCUT2D eigenvalue weighted by Crippen LogP contribution is 2.03. The zero-order chi connectivity index (χ0) is 13.4. The van der Waals surface area contributed by atoms with Gasteiger partial charge < -0.3 is 16.2 Å². The highest BCUT2D eigenvalue weighted by molar-refractivity contribution is 5.76. The zero-order valence-corrected chi connectivity index (χ0v) is 10.8. The molecule has 0 aromatic heterocycles. The van der Waals surface area contributed by atoms with Crippen molar-refractivity contribution >= 4 is 5.91 Å². The highest BCUT2D eigenvalue weighted by atomic mass is 16.3. The lowest BCUT2D eigenvalue weighted by Crippen LogP contribution is -2.39.